The highest BCUT2D eigenvalue weighted by Gasteiger charge is 2.25. The molecule has 0 aromatic heterocycles. The standard InChI is InChI=1S/C25H48O6/c1-18(2)9-6-10-19(3)11-7-12-20(4)13-8-14-21(5)15-24(29)31-17-23(28)25(30)22(27)16-26/h15,18-20,22-23,25-28,30H,6-14,16-17H2,1-5H3/t19?,20?,22-,23+,25+/m1/s1. The van der Waals surface area contributed by atoms with Gasteiger partial charge < -0.3 is 25.2 Å². The minimum Gasteiger partial charge on any atom is -0.460 e. The van der Waals surface area contributed by atoms with Gasteiger partial charge in [-0.2, -0.15) is 0 Å². The molecule has 0 aromatic carbocycles. The van der Waals surface area contributed by atoms with Crippen LogP contribution in [0.25, 0.3) is 0 Å². The van der Waals surface area contributed by atoms with Crippen LogP contribution in [0.5, 0.6) is 0 Å². The van der Waals surface area contributed by atoms with Crippen LogP contribution in [0, 0.1) is 17.8 Å². The van der Waals surface area contributed by atoms with Gasteiger partial charge in [0, 0.05) is 6.08 Å². The van der Waals surface area contributed by atoms with E-state index in [0.29, 0.717) is 5.92 Å². The first-order valence-corrected chi connectivity index (χ1v) is 12.1. The zero-order valence-electron chi connectivity index (χ0n) is 20.4. The maximum atomic E-state index is 11.8. The van der Waals surface area contributed by atoms with Crippen LogP contribution in [0.15, 0.2) is 11.6 Å². The van der Waals surface area contributed by atoms with E-state index >= 15 is 0 Å². The molecular weight excluding hydrogens is 396 g/mol. The quantitative estimate of drug-likeness (QED) is 0.188. The van der Waals surface area contributed by atoms with E-state index in [-0.39, 0.29) is 0 Å². The van der Waals surface area contributed by atoms with Gasteiger partial charge in [0.25, 0.3) is 0 Å². The molecule has 6 nitrogen and oxygen atoms in total. The molecule has 0 aliphatic heterocycles. The van der Waals surface area contributed by atoms with Crippen LogP contribution in [-0.2, 0) is 9.53 Å². The predicted octanol–water partition coefficient (Wildman–Crippen LogP) is 3.99. The molecule has 0 heterocycles. The van der Waals surface area contributed by atoms with Crippen molar-refractivity contribution in [2.24, 2.45) is 17.8 Å². The Hall–Kier alpha value is -0.950. The second kappa shape index (κ2) is 17.6. The Balaban J connectivity index is 3.96. The third-order valence-electron chi connectivity index (χ3n) is 5.88. The maximum Gasteiger partial charge on any atom is 0.330 e. The van der Waals surface area contributed by atoms with E-state index in [4.69, 9.17) is 9.84 Å². The van der Waals surface area contributed by atoms with E-state index in [2.05, 4.69) is 27.7 Å². The highest BCUT2D eigenvalue weighted by Crippen LogP contribution is 2.22. The fourth-order valence-corrected chi connectivity index (χ4v) is 3.65. The van der Waals surface area contributed by atoms with Gasteiger partial charge in [0.15, 0.2) is 0 Å². The van der Waals surface area contributed by atoms with Gasteiger partial charge >= 0.3 is 5.97 Å². The summed E-state index contributed by atoms with van der Waals surface area (Å²) in [6, 6.07) is 0. The Morgan fingerprint density at radius 2 is 1.35 bits per heavy atom. The van der Waals surface area contributed by atoms with Crippen molar-refractivity contribution in [3.63, 3.8) is 0 Å². The van der Waals surface area contributed by atoms with Crippen LogP contribution in [-0.4, -0.2) is 57.9 Å². The molecule has 0 spiro atoms. The second-order valence-corrected chi connectivity index (χ2v) is 9.79. The topological polar surface area (TPSA) is 107 Å². The monoisotopic (exact) mass is 444 g/mol. The van der Waals surface area contributed by atoms with Gasteiger partial charge in [-0.15, -0.1) is 0 Å². The summed E-state index contributed by atoms with van der Waals surface area (Å²) in [5.74, 6) is 1.71. The van der Waals surface area contributed by atoms with Gasteiger partial charge in [0.2, 0.25) is 0 Å². The molecule has 0 aliphatic carbocycles. The largest absolute Gasteiger partial charge is 0.460 e. The molecular formula is C25H48O6. The van der Waals surface area contributed by atoms with Crippen LogP contribution < -0.4 is 0 Å². The van der Waals surface area contributed by atoms with E-state index in [1.54, 1.807) is 0 Å². The molecule has 4 N–H and O–H groups in total. The van der Waals surface area contributed by atoms with E-state index in [1.165, 1.54) is 44.6 Å². The molecule has 0 aliphatic rings. The summed E-state index contributed by atoms with van der Waals surface area (Å²) in [7, 11) is 0. The van der Waals surface area contributed by atoms with Crippen molar-refractivity contribution in [3.8, 4) is 0 Å². The van der Waals surface area contributed by atoms with Gasteiger partial charge in [-0.25, -0.2) is 4.79 Å². The number of ether oxygens (including phenoxy) is 1. The summed E-state index contributed by atoms with van der Waals surface area (Å²) in [6.45, 7) is 10.0. The van der Waals surface area contributed by atoms with Crippen LogP contribution in [0.4, 0.5) is 0 Å². The normalized spacial score (nSPS) is 17.3. The van der Waals surface area contributed by atoms with Gasteiger partial charge in [0.05, 0.1) is 6.61 Å². The number of aliphatic hydroxyl groups excluding tert-OH is 4. The number of hydrogen-bond donors (Lipinski definition) is 4. The Morgan fingerprint density at radius 1 is 0.839 bits per heavy atom. The Morgan fingerprint density at radius 3 is 1.87 bits per heavy atom. The smallest absolute Gasteiger partial charge is 0.330 e. The molecule has 6 heteroatoms. The maximum absolute atomic E-state index is 11.8. The third-order valence-corrected chi connectivity index (χ3v) is 5.88. The van der Waals surface area contributed by atoms with Gasteiger partial charge in [-0.3, -0.25) is 0 Å². The van der Waals surface area contributed by atoms with Crippen molar-refractivity contribution < 1.29 is 30.0 Å². The molecule has 0 radical (unpaired) electrons. The Labute approximate surface area is 189 Å². The van der Waals surface area contributed by atoms with Crippen molar-refractivity contribution in [3.05, 3.63) is 11.6 Å². The summed E-state index contributed by atoms with van der Waals surface area (Å²) in [4.78, 5) is 11.8. The third kappa shape index (κ3) is 16.4. The number of allylic oxidation sites excluding steroid dienone is 1. The predicted molar refractivity (Wildman–Crippen MR) is 125 cm³/mol. The van der Waals surface area contributed by atoms with Crippen molar-refractivity contribution >= 4 is 5.97 Å². The first-order chi connectivity index (χ1) is 14.6. The van der Waals surface area contributed by atoms with Crippen LogP contribution in [0.3, 0.4) is 0 Å². The molecule has 0 fully saturated rings. The van der Waals surface area contributed by atoms with E-state index in [1.807, 2.05) is 6.92 Å². The number of aliphatic hydroxyl groups is 4. The Bertz CT molecular complexity index is 490. The lowest BCUT2D eigenvalue weighted by molar-refractivity contribution is -0.146. The van der Waals surface area contributed by atoms with Gasteiger partial charge in [0.1, 0.15) is 24.9 Å². The lowest BCUT2D eigenvalue weighted by atomic mass is 9.91. The minimum absolute atomic E-state index is 0.437. The van der Waals surface area contributed by atoms with E-state index < -0.39 is 37.5 Å². The molecule has 0 rings (SSSR count). The average molecular weight is 445 g/mol. The molecule has 0 aromatic rings. The summed E-state index contributed by atoms with van der Waals surface area (Å²) in [5, 5.41) is 37.2. The van der Waals surface area contributed by atoms with Crippen molar-refractivity contribution in [2.75, 3.05) is 13.2 Å². The minimum atomic E-state index is -1.56. The van der Waals surface area contributed by atoms with Gasteiger partial charge in [-0.05, 0) is 37.5 Å². The van der Waals surface area contributed by atoms with Crippen LogP contribution >= 0.6 is 0 Å². The lowest BCUT2D eigenvalue weighted by Gasteiger charge is -2.20. The average Bonchev–Trinajstić information content (AvgIpc) is 2.70. The molecule has 31 heavy (non-hydrogen) atoms. The summed E-state index contributed by atoms with van der Waals surface area (Å²) in [6.07, 6.45) is 7.74. The van der Waals surface area contributed by atoms with E-state index in [0.717, 1.165) is 36.7 Å². The SMILES string of the molecule is CC(=CC(=O)OC[C@H](O)[C@@H](O)[C@H](O)CO)CCCC(C)CCCC(C)CCCC(C)C. The summed E-state index contributed by atoms with van der Waals surface area (Å²) >= 11 is 0. The second-order valence-electron chi connectivity index (χ2n) is 9.79. The summed E-state index contributed by atoms with van der Waals surface area (Å²) in [5.41, 5.74) is 0.918. The highest BCUT2D eigenvalue weighted by atomic mass is 16.5. The molecule has 5 atom stereocenters. The fraction of sp³-hybridized carbons (Fsp3) is 0.880. The van der Waals surface area contributed by atoms with Crippen molar-refractivity contribution in [1.29, 1.82) is 0 Å². The first kappa shape index (κ1) is 30.0. The molecule has 0 saturated heterocycles. The number of esters is 1. The molecule has 0 amide bonds. The molecule has 184 valence electrons. The number of rotatable bonds is 18. The fourth-order valence-electron chi connectivity index (χ4n) is 3.65. The molecule has 2 unspecified atom stereocenters. The van der Waals surface area contributed by atoms with E-state index in [9.17, 15) is 20.1 Å². The number of hydrogen-bond acceptors (Lipinski definition) is 6. The van der Waals surface area contributed by atoms with Crippen LogP contribution in [0.1, 0.15) is 92.4 Å². The Kier molecular flexibility index (Phi) is 17.0. The van der Waals surface area contributed by atoms with Gasteiger partial charge in [-0.1, -0.05) is 78.2 Å². The summed E-state index contributed by atoms with van der Waals surface area (Å²) < 4.78 is 4.92. The van der Waals surface area contributed by atoms with Crippen molar-refractivity contribution in [2.45, 2.75) is 111 Å². The number of carbonyl (C=O) groups is 1. The number of carbonyl (C=O) groups excluding carboxylic acids is 1. The zero-order valence-corrected chi connectivity index (χ0v) is 20.4. The first-order valence-electron chi connectivity index (χ1n) is 12.1. The lowest BCUT2D eigenvalue weighted by Crippen LogP contribution is -2.42. The highest BCUT2D eigenvalue weighted by molar-refractivity contribution is 5.82. The molecule has 0 saturated carbocycles. The van der Waals surface area contributed by atoms with Crippen molar-refractivity contribution in [1.82, 2.24) is 0 Å². The zero-order chi connectivity index (χ0) is 23.8. The van der Waals surface area contributed by atoms with Crippen LogP contribution in [0.2, 0.25) is 0 Å². The molecule has 0 bridgehead atoms.